The first-order chi connectivity index (χ1) is 16.7. The highest BCUT2D eigenvalue weighted by Gasteiger charge is 2.63. The van der Waals surface area contributed by atoms with E-state index in [1.165, 1.54) is 13.0 Å². The number of phenolic OH excluding ortho intramolecular Hbond substituents is 1. The summed E-state index contributed by atoms with van der Waals surface area (Å²) in [4.78, 5) is 54.9. The molecule has 36 heavy (non-hydrogen) atoms. The molecule has 4 atom stereocenters. The summed E-state index contributed by atoms with van der Waals surface area (Å²) in [7, 11) is 6.69. The van der Waals surface area contributed by atoms with Crippen molar-refractivity contribution < 1.29 is 39.6 Å². The minimum absolute atomic E-state index is 0.0347. The smallest absolute Gasteiger partial charge is 0.209 e. The number of phenols is 1. The first-order valence-electron chi connectivity index (χ1n) is 11.6. The summed E-state index contributed by atoms with van der Waals surface area (Å²) in [5.41, 5.74) is -2.69. The Morgan fingerprint density at radius 1 is 1.03 bits per heavy atom. The molecule has 0 unspecified atom stereocenters. The normalized spacial score (nSPS) is 27.6. The molecule has 0 saturated carbocycles. The highest BCUT2D eigenvalue weighted by molar-refractivity contribution is 6.25. The summed E-state index contributed by atoms with van der Waals surface area (Å²) in [6.07, 6.45) is 0.206. The second kappa shape index (κ2) is 8.28. The fourth-order valence-corrected chi connectivity index (χ4v) is 6.07. The number of hydrogen-bond donors (Lipinski definition) is 4. The largest absolute Gasteiger partial charge is 0.510 e. The van der Waals surface area contributed by atoms with Crippen LogP contribution in [-0.4, -0.2) is 88.3 Å². The topological polar surface area (TPSA) is 156 Å². The van der Waals surface area contributed by atoms with Gasteiger partial charge in [0.2, 0.25) is 5.78 Å². The minimum atomic E-state index is -2.63. The number of carbonyl (C=O) groups is 4. The number of likely N-dealkylation sites (N-methyl/N-ethyl adjacent to an activating group) is 1. The van der Waals surface area contributed by atoms with Gasteiger partial charge < -0.3 is 25.3 Å². The third-order valence-corrected chi connectivity index (χ3v) is 7.67. The lowest BCUT2D eigenvalue weighted by atomic mass is 9.58. The van der Waals surface area contributed by atoms with E-state index >= 15 is 0 Å². The van der Waals surface area contributed by atoms with Gasteiger partial charge in [0, 0.05) is 31.3 Å². The van der Waals surface area contributed by atoms with Crippen molar-refractivity contribution in [2.75, 3.05) is 33.1 Å². The number of allylic oxidation sites excluding steroid dienone is 1. The number of fused-ring (bicyclic) bond motifs is 3. The van der Waals surface area contributed by atoms with Crippen molar-refractivity contribution in [3.63, 3.8) is 0 Å². The Kier molecular flexibility index (Phi) is 5.88. The van der Waals surface area contributed by atoms with Crippen LogP contribution in [-0.2, 0) is 16.0 Å². The van der Waals surface area contributed by atoms with Gasteiger partial charge in [-0.15, -0.1) is 0 Å². The molecule has 0 amide bonds. The summed E-state index contributed by atoms with van der Waals surface area (Å²) in [5.74, 6) is -6.82. The zero-order valence-electron chi connectivity index (χ0n) is 21.0. The van der Waals surface area contributed by atoms with Crippen molar-refractivity contribution >= 4 is 28.8 Å². The van der Waals surface area contributed by atoms with Gasteiger partial charge in [-0.05, 0) is 58.3 Å². The van der Waals surface area contributed by atoms with Crippen molar-refractivity contribution in [2.24, 2.45) is 11.8 Å². The third kappa shape index (κ3) is 3.24. The van der Waals surface area contributed by atoms with Crippen LogP contribution in [0.15, 0.2) is 28.7 Å². The summed E-state index contributed by atoms with van der Waals surface area (Å²) < 4.78 is 0. The zero-order chi connectivity index (χ0) is 27.0. The van der Waals surface area contributed by atoms with E-state index in [-0.39, 0.29) is 29.5 Å². The number of aliphatic hydroxyl groups excluding tert-OH is 2. The van der Waals surface area contributed by atoms with Crippen LogP contribution in [0.3, 0.4) is 0 Å². The molecule has 0 aliphatic heterocycles. The maximum atomic E-state index is 13.8. The molecule has 3 aliphatic rings. The fraction of sp³-hybridized carbons (Fsp3) is 0.462. The zero-order valence-corrected chi connectivity index (χ0v) is 21.0. The molecule has 4 rings (SSSR count). The van der Waals surface area contributed by atoms with Crippen molar-refractivity contribution in [2.45, 2.75) is 38.3 Å². The van der Waals surface area contributed by atoms with Crippen LogP contribution in [0.5, 0.6) is 5.75 Å². The average molecular weight is 499 g/mol. The monoisotopic (exact) mass is 498 g/mol. The molecule has 10 heteroatoms. The minimum Gasteiger partial charge on any atom is -0.510 e. The lowest BCUT2D eigenvalue weighted by molar-refractivity contribution is -0.148. The van der Waals surface area contributed by atoms with Gasteiger partial charge in [-0.2, -0.15) is 0 Å². The number of rotatable bonds is 4. The van der Waals surface area contributed by atoms with Gasteiger partial charge in [0.1, 0.15) is 22.8 Å². The van der Waals surface area contributed by atoms with Crippen molar-refractivity contribution in [1.29, 1.82) is 0 Å². The lowest BCUT2D eigenvalue weighted by Gasteiger charge is -2.50. The van der Waals surface area contributed by atoms with Crippen molar-refractivity contribution in [3.05, 3.63) is 45.4 Å². The van der Waals surface area contributed by atoms with E-state index in [4.69, 9.17) is 0 Å². The molecular formula is C26H30N2O8. The van der Waals surface area contributed by atoms with E-state index < -0.39 is 69.5 Å². The first-order valence-corrected chi connectivity index (χ1v) is 11.6. The molecular weight excluding hydrogens is 468 g/mol. The molecule has 0 aromatic heterocycles. The van der Waals surface area contributed by atoms with Gasteiger partial charge in [-0.3, -0.25) is 24.1 Å². The van der Waals surface area contributed by atoms with E-state index in [9.17, 15) is 39.6 Å². The Hall–Kier alpha value is -3.50. The van der Waals surface area contributed by atoms with E-state index in [1.54, 1.807) is 38.0 Å². The number of aliphatic hydroxyl groups is 3. The molecule has 0 heterocycles. The van der Waals surface area contributed by atoms with E-state index in [0.29, 0.717) is 11.3 Å². The number of Topliss-reactive ketones (excluding diaryl/α,β-unsaturated/α-hetero) is 4. The molecule has 0 bridgehead atoms. The van der Waals surface area contributed by atoms with E-state index in [2.05, 4.69) is 0 Å². The van der Waals surface area contributed by atoms with Gasteiger partial charge in [-0.1, -0.05) is 0 Å². The third-order valence-electron chi connectivity index (χ3n) is 7.67. The van der Waals surface area contributed by atoms with Gasteiger partial charge in [0.05, 0.1) is 17.2 Å². The number of anilines is 1. The quantitative estimate of drug-likeness (QED) is 0.354. The predicted molar refractivity (Wildman–Crippen MR) is 129 cm³/mol. The van der Waals surface area contributed by atoms with Crippen molar-refractivity contribution in [1.82, 2.24) is 4.90 Å². The van der Waals surface area contributed by atoms with E-state index in [1.807, 2.05) is 0 Å². The molecule has 0 spiro atoms. The Bertz CT molecular complexity index is 1310. The van der Waals surface area contributed by atoms with E-state index in [0.717, 1.165) is 6.92 Å². The maximum absolute atomic E-state index is 13.8. The number of nitrogens with zero attached hydrogens (tertiary/aromatic N) is 2. The second-order valence-electron chi connectivity index (χ2n) is 10.3. The van der Waals surface area contributed by atoms with Crippen LogP contribution in [0.1, 0.15) is 46.5 Å². The van der Waals surface area contributed by atoms with Crippen LogP contribution >= 0.6 is 0 Å². The van der Waals surface area contributed by atoms with Crippen LogP contribution in [0, 0.1) is 11.8 Å². The molecule has 1 aromatic rings. The molecule has 4 N–H and O–H groups in total. The second-order valence-corrected chi connectivity index (χ2v) is 10.3. The van der Waals surface area contributed by atoms with Gasteiger partial charge in [0.25, 0.3) is 0 Å². The SMILES string of the molecule is CC(=O)C1=C(O)[C@@H](N(C)C)[C@@H]2C[C@@H]3Cc4c(N(C)C)cc(C(C)=O)c(O)c4C(=O)C3=C(O)[C@]2(O)C1=O. The summed E-state index contributed by atoms with van der Waals surface area (Å²) in [5, 5.41) is 44.8. The van der Waals surface area contributed by atoms with Crippen molar-refractivity contribution in [3.8, 4) is 5.75 Å². The molecule has 0 saturated heterocycles. The average Bonchev–Trinajstić information content (AvgIpc) is 2.75. The summed E-state index contributed by atoms with van der Waals surface area (Å²) in [6.45, 7) is 2.33. The summed E-state index contributed by atoms with van der Waals surface area (Å²) >= 11 is 0. The number of carbonyl (C=O) groups excluding carboxylic acids is 4. The van der Waals surface area contributed by atoms with Crippen LogP contribution in [0.2, 0.25) is 0 Å². The number of benzene rings is 1. The lowest BCUT2D eigenvalue weighted by Crippen LogP contribution is -2.63. The Balaban J connectivity index is 2.01. The molecule has 1 aromatic carbocycles. The molecule has 0 radical (unpaired) electrons. The predicted octanol–water partition coefficient (Wildman–Crippen LogP) is 1.49. The van der Waals surface area contributed by atoms with Gasteiger partial charge in [-0.25, -0.2) is 0 Å². The highest BCUT2D eigenvalue weighted by atomic mass is 16.3. The fourth-order valence-electron chi connectivity index (χ4n) is 6.07. The maximum Gasteiger partial charge on any atom is 0.209 e. The van der Waals surface area contributed by atoms with Crippen LogP contribution in [0.4, 0.5) is 5.69 Å². The molecule has 192 valence electrons. The Labute approximate surface area is 208 Å². The number of aromatic hydroxyl groups is 1. The Morgan fingerprint density at radius 2 is 1.64 bits per heavy atom. The Morgan fingerprint density at radius 3 is 2.14 bits per heavy atom. The van der Waals surface area contributed by atoms with Gasteiger partial charge in [0.15, 0.2) is 23.0 Å². The number of hydrogen-bond acceptors (Lipinski definition) is 10. The highest BCUT2D eigenvalue weighted by Crippen LogP contribution is 2.53. The first kappa shape index (κ1) is 25.6. The van der Waals surface area contributed by atoms with Crippen LogP contribution in [0.25, 0.3) is 0 Å². The standard InChI is InChI=1S/C26H30N2O8/c1-10(29)13-9-16(27(3)4)14-7-12-8-15-20(28(5)6)23(33)17(11(2)30)24(34)26(15,36)25(35)18(12)22(32)19(14)21(13)31/h9,12,15,20,31,33,35-36H,7-8H2,1-6H3/t12-,15-,20-,26+/m0/s1. The molecule has 0 fully saturated rings. The van der Waals surface area contributed by atoms with Crippen LogP contribution < -0.4 is 4.90 Å². The molecule has 3 aliphatic carbocycles. The molecule has 10 nitrogen and oxygen atoms in total. The van der Waals surface area contributed by atoms with Gasteiger partial charge >= 0.3 is 0 Å². The summed E-state index contributed by atoms with van der Waals surface area (Å²) in [6, 6.07) is 0.534. The number of ketones is 4.